The highest BCUT2D eigenvalue weighted by Gasteiger charge is 2.25. The maximum Gasteiger partial charge on any atom is 0.260 e. The third-order valence-corrected chi connectivity index (χ3v) is 5.04. The molecular weight excluding hydrogens is 359 g/mol. The maximum absolute atomic E-state index is 13.7. The Morgan fingerprint density at radius 2 is 1.71 bits per heavy atom. The van der Waals surface area contributed by atoms with E-state index >= 15 is 0 Å². The minimum Gasteiger partial charge on any atom is -0.483 e. The van der Waals surface area contributed by atoms with Gasteiger partial charge in [0.15, 0.2) is 6.61 Å². The average molecular weight is 384 g/mol. The third kappa shape index (κ3) is 4.50. The van der Waals surface area contributed by atoms with E-state index < -0.39 is 0 Å². The lowest BCUT2D eigenvalue weighted by atomic mass is 10.1. The quantitative estimate of drug-likeness (QED) is 0.796. The Morgan fingerprint density at radius 1 is 1.04 bits per heavy atom. The van der Waals surface area contributed by atoms with E-state index in [4.69, 9.17) is 4.74 Å². The van der Waals surface area contributed by atoms with Gasteiger partial charge in [0.1, 0.15) is 11.6 Å². The molecule has 1 saturated heterocycles. The summed E-state index contributed by atoms with van der Waals surface area (Å²) >= 11 is 0. The van der Waals surface area contributed by atoms with E-state index in [1.165, 1.54) is 6.07 Å². The standard InChI is InChI=1S/C22H25FN2O3/c1-3-17-6-4-5-7-20(17)28-15-21(26)24-10-12-25(13-11-24)22(27)18-9-8-16(2)19(23)14-18/h4-9,14H,3,10-13,15H2,1-2H3. The van der Waals surface area contributed by atoms with Crippen LogP contribution in [-0.4, -0.2) is 54.4 Å². The molecule has 0 unspecified atom stereocenters. The fourth-order valence-corrected chi connectivity index (χ4v) is 3.23. The number of carbonyl (C=O) groups is 2. The Hall–Kier alpha value is -2.89. The van der Waals surface area contributed by atoms with Crippen LogP contribution in [0.4, 0.5) is 4.39 Å². The monoisotopic (exact) mass is 384 g/mol. The third-order valence-electron chi connectivity index (χ3n) is 5.04. The number of benzene rings is 2. The first-order valence-corrected chi connectivity index (χ1v) is 9.53. The van der Waals surface area contributed by atoms with Gasteiger partial charge in [-0.25, -0.2) is 4.39 Å². The summed E-state index contributed by atoms with van der Waals surface area (Å²) in [5.74, 6) is 0.0382. The lowest BCUT2D eigenvalue weighted by molar-refractivity contribution is -0.134. The van der Waals surface area contributed by atoms with E-state index in [0.717, 1.165) is 17.7 Å². The molecule has 5 nitrogen and oxygen atoms in total. The maximum atomic E-state index is 13.7. The number of ether oxygens (including phenoxy) is 1. The van der Waals surface area contributed by atoms with Crippen LogP contribution in [-0.2, 0) is 11.2 Å². The van der Waals surface area contributed by atoms with E-state index in [1.54, 1.807) is 28.9 Å². The first kappa shape index (κ1) is 19.9. The molecule has 1 aliphatic rings. The summed E-state index contributed by atoms with van der Waals surface area (Å²) in [7, 11) is 0. The van der Waals surface area contributed by atoms with Crippen molar-refractivity contribution >= 4 is 11.8 Å². The molecule has 0 N–H and O–H groups in total. The van der Waals surface area contributed by atoms with Gasteiger partial charge in [-0.1, -0.05) is 31.2 Å². The molecule has 6 heteroatoms. The number of carbonyl (C=O) groups excluding carboxylic acids is 2. The molecule has 3 rings (SSSR count). The molecule has 0 saturated carbocycles. The summed E-state index contributed by atoms with van der Waals surface area (Å²) in [5, 5.41) is 0. The highest BCUT2D eigenvalue weighted by molar-refractivity contribution is 5.94. The first-order chi connectivity index (χ1) is 13.5. The summed E-state index contributed by atoms with van der Waals surface area (Å²) in [6.07, 6.45) is 0.838. The van der Waals surface area contributed by atoms with Crippen LogP contribution < -0.4 is 4.74 Å². The fraction of sp³-hybridized carbons (Fsp3) is 0.364. The minimum atomic E-state index is -0.385. The van der Waals surface area contributed by atoms with Gasteiger partial charge in [0, 0.05) is 31.7 Å². The minimum absolute atomic E-state index is 0.0197. The number of hydrogen-bond acceptors (Lipinski definition) is 3. The Kier molecular flexibility index (Phi) is 6.29. The van der Waals surface area contributed by atoms with Crippen molar-refractivity contribution in [1.29, 1.82) is 0 Å². The fourth-order valence-electron chi connectivity index (χ4n) is 3.23. The Balaban J connectivity index is 1.52. The lowest BCUT2D eigenvalue weighted by Crippen LogP contribution is -2.51. The van der Waals surface area contributed by atoms with Gasteiger partial charge >= 0.3 is 0 Å². The summed E-state index contributed by atoms with van der Waals surface area (Å²) < 4.78 is 19.4. The number of amides is 2. The molecule has 2 aromatic rings. The van der Waals surface area contributed by atoms with Crippen molar-refractivity contribution in [1.82, 2.24) is 9.80 Å². The predicted molar refractivity (Wildman–Crippen MR) is 105 cm³/mol. The molecule has 2 amide bonds. The van der Waals surface area contributed by atoms with Gasteiger partial charge in [0.25, 0.3) is 11.8 Å². The van der Waals surface area contributed by atoms with Crippen molar-refractivity contribution in [3.8, 4) is 5.75 Å². The zero-order valence-corrected chi connectivity index (χ0v) is 16.3. The number of piperazine rings is 1. The second-order valence-electron chi connectivity index (χ2n) is 6.89. The van der Waals surface area contributed by atoms with Gasteiger partial charge in [-0.05, 0) is 42.7 Å². The van der Waals surface area contributed by atoms with Gasteiger partial charge in [-0.2, -0.15) is 0 Å². The number of para-hydroxylation sites is 1. The van der Waals surface area contributed by atoms with Crippen molar-refractivity contribution in [2.24, 2.45) is 0 Å². The van der Waals surface area contributed by atoms with Gasteiger partial charge in [-0.3, -0.25) is 9.59 Å². The van der Waals surface area contributed by atoms with Crippen LogP contribution in [0, 0.1) is 12.7 Å². The van der Waals surface area contributed by atoms with Gasteiger partial charge in [0.05, 0.1) is 0 Å². The van der Waals surface area contributed by atoms with Crippen molar-refractivity contribution in [2.75, 3.05) is 32.8 Å². The van der Waals surface area contributed by atoms with Crippen LogP contribution in [0.1, 0.15) is 28.4 Å². The van der Waals surface area contributed by atoms with Gasteiger partial charge in [-0.15, -0.1) is 0 Å². The van der Waals surface area contributed by atoms with E-state index in [1.807, 2.05) is 31.2 Å². The molecule has 0 bridgehead atoms. The summed E-state index contributed by atoms with van der Waals surface area (Å²) in [5.41, 5.74) is 1.91. The van der Waals surface area contributed by atoms with E-state index in [9.17, 15) is 14.0 Å². The molecule has 0 spiro atoms. The highest BCUT2D eigenvalue weighted by atomic mass is 19.1. The lowest BCUT2D eigenvalue weighted by Gasteiger charge is -2.34. The topological polar surface area (TPSA) is 49.9 Å². The van der Waals surface area contributed by atoms with Crippen LogP contribution in [0.15, 0.2) is 42.5 Å². The normalized spacial score (nSPS) is 14.1. The van der Waals surface area contributed by atoms with Gasteiger partial charge in [0.2, 0.25) is 0 Å². The van der Waals surface area contributed by atoms with Crippen LogP contribution in [0.3, 0.4) is 0 Å². The summed E-state index contributed by atoms with van der Waals surface area (Å²) in [6.45, 7) is 5.41. The SMILES string of the molecule is CCc1ccccc1OCC(=O)N1CCN(C(=O)c2ccc(C)c(F)c2)CC1. The Labute approximate surface area is 164 Å². The second-order valence-corrected chi connectivity index (χ2v) is 6.89. The number of rotatable bonds is 5. The average Bonchev–Trinajstić information content (AvgIpc) is 2.73. The van der Waals surface area contributed by atoms with Gasteiger partial charge < -0.3 is 14.5 Å². The van der Waals surface area contributed by atoms with Crippen LogP contribution in [0.5, 0.6) is 5.75 Å². The summed E-state index contributed by atoms with van der Waals surface area (Å²) in [4.78, 5) is 28.4. The molecule has 1 heterocycles. The molecule has 1 aliphatic heterocycles. The van der Waals surface area contributed by atoms with Crippen LogP contribution >= 0.6 is 0 Å². The van der Waals surface area contributed by atoms with Crippen LogP contribution in [0.25, 0.3) is 0 Å². The van der Waals surface area contributed by atoms with Crippen molar-refractivity contribution in [2.45, 2.75) is 20.3 Å². The molecule has 28 heavy (non-hydrogen) atoms. The smallest absolute Gasteiger partial charge is 0.260 e. The molecule has 0 atom stereocenters. The molecule has 2 aromatic carbocycles. The number of nitrogens with zero attached hydrogens (tertiary/aromatic N) is 2. The largest absolute Gasteiger partial charge is 0.483 e. The van der Waals surface area contributed by atoms with E-state index in [2.05, 4.69) is 0 Å². The number of halogens is 1. The van der Waals surface area contributed by atoms with E-state index in [-0.39, 0.29) is 24.2 Å². The van der Waals surface area contributed by atoms with Crippen LogP contribution in [0.2, 0.25) is 0 Å². The molecule has 0 radical (unpaired) electrons. The number of hydrogen-bond donors (Lipinski definition) is 0. The predicted octanol–water partition coefficient (Wildman–Crippen LogP) is 3.06. The molecule has 0 aliphatic carbocycles. The second kappa shape index (κ2) is 8.87. The zero-order valence-electron chi connectivity index (χ0n) is 16.3. The Bertz CT molecular complexity index is 861. The Morgan fingerprint density at radius 3 is 2.39 bits per heavy atom. The molecule has 0 aromatic heterocycles. The van der Waals surface area contributed by atoms with E-state index in [0.29, 0.717) is 37.3 Å². The molecular formula is C22H25FN2O3. The molecule has 1 fully saturated rings. The highest BCUT2D eigenvalue weighted by Crippen LogP contribution is 2.18. The first-order valence-electron chi connectivity index (χ1n) is 9.53. The van der Waals surface area contributed by atoms with Crippen molar-refractivity contribution in [3.05, 3.63) is 65.0 Å². The zero-order chi connectivity index (χ0) is 20.1. The molecule has 148 valence electrons. The van der Waals surface area contributed by atoms with Crippen molar-refractivity contribution in [3.63, 3.8) is 0 Å². The number of aryl methyl sites for hydroxylation is 2. The summed E-state index contributed by atoms with van der Waals surface area (Å²) in [6, 6.07) is 12.2. The van der Waals surface area contributed by atoms with Crippen molar-refractivity contribution < 1.29 is 18.7 Å².